The first-order valence-electron chi connectivity index (χ1n) is 6.73. The van der Waals surface area contributed by atoms with Crippen LogP contribution in [0.15, 0.2) is 18.2 Å². The van der Waals surface area contributed by atoms with Crippen LogP contribution in [0.25, 0.3) is 0 Å². The number of halogens is 2. The smallest absolute Gasteiger partial charge is 0.131 e. The highest BCUT2D eigenvalue weighted by molar-refractivity contribution is 5.21. The van der Waals surface area contributed by atoms with Crippen molar-refractivity contribution in [3.05, 3.63) is 35.4 Å². The molecule has 3 nitrogen and oxygen atoms in total. The maximum atomic E-state index is 13.4. The largest absolute Gasteiger partial charge is 0.387 e. The van der Waals surface area contributed by atoms with Crippen molar-refractivity contribution < 1.29 is 13.9 Å². The monoisotopic (exact) mass is 270 g/mol. The number of nitrogens with zero attached hydrogens (tertiary/aromatic N) is 1. The first-order valence-corrected chi connectivity index (χ1v) is 6.73. The van der Waals surface area contributed by atoms with Gasteiger partial charge in [0.25, 0.3) is 0 Å². The summed E-state index contributed by atoms with van der Waals surface area (Å²) >= 11 is 0. The van der Waals surface area contributed by atoms with Gasteiger partial charge in [-0.05, 0) is 32.0 Å². The molecule has 0 radical (unpaired) electrons. The molecule has 1 aromatic rings. The Labute approximate surface area is 112 Å². The molecule has 1 saturated heterocycles. The van der Waals surface area contributed by atoms with Crippen molar-refractivity contribution in [1.82, 2.24) is 10.2 Å². The number of aliphatic hydroxyl groups is 1. The van der Waals surface area contributed by atoms with Gasteiger partial charge in [0.1, 0.15) is 11.6 Å². The van der Waals surface area contributed by atoms with Gasteiger partial charge in [-0.15, -0.1) is 0 Å². The summed E-state index contributed by atoms with van der Waals surface area (Å²) in [5.74, 6) is -1.33. The first kappa shape index (κ1) is 14.4. The van der Waals surface area contributed by atoms with E-state index in [1.807, 2.05) is 0 Å². The van der Waals surface area contributed by atoms with Crippen LogP contribution in [-0.4, -0.2) is 42.7 Å². The molecule has 106 valence electrons. The van der Waals surface area contributed by atoms with Crippen molar-refractivity contribution in [2.75, 3.05) is 32.7 Å². The fraction of sp³-hybridized carbons (Fsp3) is 0.571. The molecule has 1 atom stereocenters. The van der Waals surface area contributed by atoms with Crippen molar-refractivity contribution in [3.63, 3.8) is 0 Å². The van der Waals surface area contributed by atoms with Gasteiger partial charge in [-0.3, -0.25) is 0 Å². The van der Waals surface area contributed by atoms with E-state index in [0.29, 0.717) is 0 Å². The minimum Gasteiger partial charge on any atom is -0.387 e. The summed E-state index contributed by atoms with van der Waals surface area (Å²) in [6.45, 7) is 4.25. The average molecular weight is 270 g/mol. The second kappa shape index (κ2) is 6.93. The average Bonchev–Trinajstić information content (AvgIpc) is 2.87. The van der Waals surface area contributed by atoms with Gasteiger partial charge in [-0.2, -0.15) is 0 Å². The van der Waals surface area contributed by atoms with E-state index in [0.717, 1.165) is 38.3 Å². The normalized spacial score (nSPS) is 17.8. The number of rotatable bonds is 6. The Bertz CT molecular complexity index is 408. The minimum atomic E-state index is -0.945. The Balaban J connectivity index is 1.72. The second-order valence-corrected chi connectivity index (χ2v) is 4.93. The van der Waals surface area contributed by atoms with E-state index in [2.05, 4.69) is 10.2 Å². The second-order valence-electron chi connectivity index (χ2n) is 4.93. The third-order valence-corrected chi connectivity index (χ3v) is 3.46. The topological polar surface area (TPSA) is 35.5 Å². The Morgan fingerprint density at radius 1 is 1.26 bits per heavy atom. The van der Waals surface area contributed by atoms with Gasteiger partial charge < -0.3 is 15.3 Å². The summed E-state index contributed by atoms with van der Waals surface area (Å²) in [4.78, 5) is 2.36. The number of likely N-dealkylation sites (tertiary alicyclic amines) is 1. The molecule has 0 aromatic heterocycles. The lowest BCUT2D eigenvalue weighted by Gasteiger charge is -2.17. The molecule has 1 fully saturated rings. The van der Waals surface area contributed by atoms with Crippen LogP contribution in [0.5, 0.6) is 0 Å². The van der Waals surface area contributed by atoms with Crippen molar-refractivity contribution in [2.45, 2.75) is 18.9 Å². The van der Waals surface area contributed by atoms with Crippen molar-refractivity contribution in [3.8, 4) is 0 Å². The maximum absolute atomic E-state index is 13.4. The zero-order chi connectivity index (χ0) is 13.7. The quantitative estimate of drug-likeness (QED) is 0.772. The van der Waals surface area contributed by atoms with Crippen LogP contribution in [0.4, 0.5) is 8.78 Å². The Hall–Kier alpha value is -1.04. The molecule has 1 aliphatic rings. The van der Waals surface area contributed by atoms with Crippen LogP contribution in [-0.2, 0) is 0 Å². The zero-order valence-electron chi connectivity index (χ0n) is 10.9. The lowest BCUT2D eigenvalue weighted by atomic mass is 10.1. The van der Waals surface area contributed by atoms with E-state index in [1.54, 1.807) is 0 Å². The lowest BCUT2D eigenvalue weighted by molar-refractivity contribution is 0.168. The third-order valence-electron chi connectivity index (χ3n) is 3.46. The molecule has 0 saturated carbocycles. The SMILES string of the molecule is OC(CNCCN1CCCC1)c1ccc(F)cc1F. The summed E-state index contributed by atoms with van der Waals surface area (Å²) in [7, 11) is 0. The highest BCUT2D eigenvalue weighted by atomic mass is 19.1. The van der Waals surface area contributed by atoms with Gasteiger partial charge in [0.15, 0.2) is 0 Å². The van der Waals surface area contributed by atoms with E-state index in [9.17, 15) is 13.9 Å². The number of hydrogen-bond acceptors (Lipinski definition) is 3. The van der Waals surface area contributed by atoms with Crippen LogP contribution in [0, 0.1) is 11.6 Å². The third kappa shape index (κ3) is 4.23. The Morgan fingerprint density at radius 2 is 2.00 bits per heavy atom. The number of aliphatic hydroxyl groups excluding tert-OH is 1. The molecule has 0 bridgehead atoms. The van der Waals surface area contributed by atoms with Gasteiger partial charge >= 0.3 is 0 Å². The molecule has 2 rings (SSSR count). The number of benzene rings is 1. The van der Waals surface area contributed by atoms with Crippen LogP contribution in [0.2, 0.25) is 0 Å². The Morgan fingerprint density at radius 3 is 2.68 bits per heavy atom. The molecule has 1 aliphatic heterocycles. The molecule has 1 aromatic carbocycles. The molecule has 2 N–H and O–H groups in total. The van der Waals surface area contributed by atoms with Crippen molar-refractivity contribution >= 4 is 0 Å². The van der Waals surface area contributed by atoms with Gasteiger partial charge in [0.2, 0.25) is 0 Å². The van der Waals surface area contributed by atoms with E-state index < -0.39 is 17.7 Å². The number of hydrogen-bond donors (Lipinski definition) is 2. The molecule has 5 heteroatoms. The molecule has 0 aliphatic carbocycles. The van der Waals surface area contributed by atoms with Gasteiger partial charge in [-0.1, -0.05) is 6.07 Å². The summed E-state index contributed by atoms with van der Waals surface area (Å²) in [5, 5.41) is 12.9. The van der Waals surface area contributed by atoms with Crippen molar-refractivity contribution in [2.24, 2.45) is 0 Å². The van der Waals surface area contributed by atoms with Gasteiger partial charge in [0.05, 0.1) is 6.10 Å². The molecule has 1 unspecified atom stereocenters. The molecular formula is C14H20F2N2O. The predicted molar refractivity (Wildman–Crippen MR) is 69.9 cm³/mol. The van der Waals surface area contributed by atoms with Crippen molar-refractivity contribution in [1.29, 1.82) is 0 Å². The van der Waals surface area contributed by atoms with E-state index in [1.165, 1.54) is 18.9 Å². The van der Waals surface area contributed by atoms with Gasteiger partial charge in [0, 0.05) is 31.3 Å². The van der Waals surface area contributed by atoms with Crippen LogP contribution < -0.4 is 5.32 Å². The summed E-state index contributed by atoms with van der Waals surface area (Å²) in [6.07, 6.45) is 1.56. The molecule has 0 amide bonds. The van der Waals surface area contributed by atoms with Crippen LogP contribution in [0.1, 0.15) is 24.5 Å². The highest BCUT2D eigenvalue weighted by Gasteiger charge is 2.14. The number of nitrogens with one attached hydrogen (secondary N) is 1. The summed E-state index contributed by atoms with van der Waals surface area (Å²) in [5.41, 5.74) is 0.134. The molecule has 0 spiro atoms. The molecular weight excluding hydrogens is 250 g/mol. The standard InChI is InChI=1S/C14H20F2N2O/c15-11-3-4-12(13(16)9-11)14(19)10-17-5-8-18-6-1-2-7-18/h3-4,9,14,17,19H,1-2,5-8,10H2. The van der Waals surface area contributed by atoms with Crippen LogP contribution >= 0.6 is 0 Å². The molecule has 19 heavy (non-hydrogen) atoms. The highest BCUT2D eigenvalue weighted by Crippen LogP contribution is 2.17. The molecule has 1 heterocycles. The summed E-state index contributed by atoms with van der Waals surface area (Å²) < 4.78 is 26.2. The Kier molecular flexibility index (Phi) is 5.24. The predicted octanol–water partition coefficient (Wildman–Crippen LogP) is 1.68. The van der Waals surface area contributed by atoms with E-state index >= 15 is 0 Å². The van der Waals surface area contributed by atoms with Gasteiger partial charge in [-0.25, -0.2) is 8.78 Å². The lowest BCUT2D eigenvalue weighted by Crippen LogP contribution is -2.32. The summed E-state index contributed by atoms with van der Waals surface area (Å²) in [6, 6.07) is 3.24. The fourth-order valence-electron chi connectivity index (χ4n) is 2.36. The van der Waals surface area contributed by atoms with E-state index in [-0.39, 0.29) is 12.1 Å². The first-order chi connectivity index (χ1) is 9.16. The maximum Gasteiger partial charge on any atom is 0.131 e. The fourth-order valence-corrected chi connectivity index (χ4v) is 2.36. The van der Waals surface area contributed by atoms with E-state index in [4.69, 9.17) is 0 Å². The van der Waals surface area contributed by atoms with Crippen LogP contribution in [0.3, 0.4) is 0 Å². The zero-order valence-corrected chi connectivity index (χ0v) is 10.9. The minimum absolute atomic E-state index is 0.134.